The predicted octanol–water partition coefficient (Wildman–Crippen LogP) is 1.45. The number of nitrogens with one attached hydrogen (secondary N) is 3. The minimum Gasteiger partial charge on any atom is -0.480 e. The molecule has 2 aromatic carbocycles. The van der Waals surface area contributed by atoms with Gasteiger partial charge in [0, 0.05) is 38.9 Å². The lowest BCUT2D eigenvalue weighted by atomic mass is 10.0. The Morgan fingerprint density at radius 2 is 1.79 bits per heavy atom. The molecule has 2 aromatic rings. The number of hydrogen-bond donors (Lipinski definition) is 4. The highest BCUT2D eigenvalue weighted by Crippen LogP contribution is 2.30. The zero-order valence-electron chi connectivity index (χ0n) is 24.4. The molecule has 2 aliphatic heterocycles. The van der Waals surface area contributed by atoms with Crippen LogP contribution in [-0.4, -0.2) is 85.5 Å². The molecular formula is C30H39N5O7S. The number of guanidine groups is 1. The van der Waals surface area contributed by atoms with Crippen LogP contribution in [0.1, 0.15) is 44.2 Å². The highest BCUT2D eigenvalue weighted by molar-refractivity contribution is 7.89. The second-order valence-corrected chi connectivity index (χ2v) is 12.6. The smallest absolute Gasteiger partial charge is 0.326 e. The standard InChI is InChI=1S/C30H39N5O7S/c1-20-27(35(21(2)42-20)43(40,41)25-9-4-3-5-10-25)28(37)34-26(29(38)39)19-23-13-11-22(12-14-23)18-24(36)8-6-15-31-30-32-16-7-17-33-30/h3-5,9-14,20-21,26-27H,6-8,15-19H2,1-2H3,(H,34,37)(H,38,39)(H2,31,32,33)/t20?,21?,26-,27-/m0/s1. The monoisotopic (exact) mass is 613 g/mol. The Morgan fingerprint density at radius 3 is 2.44 bits per heavy atom. The zero-order chi connectivity index (χ0) is 31.0. The zero-order valence-corrected chi connectivity index (χ0v) is 25.2. The third-order valence-electron chi connectivity index (χ3n) is 7.38. The number of rotatable bonds is 13. The molecule has 1 amide bonds. The number of carboxylic acids is 1. The van der Waals surface area contributed by atoms with Crippen molar-refractivity contribution in [2.24, 2.45) is 4.99 Å². The van der Waals surface area contributed by atoms with Crippen LogP contribution >= 0.6 is 0 Å². The number of sulfonamides is 1. The first-order valence-electron chi connectivity index (χ1n) is 14.4. The van der Waals surface area contributed by atoms with E-state index >= 15 is 0 Å². The minimum atomic E-state index is -4.10. The number of hydrogen-bond acceptors (Lipinski definition) is 9. The lowest BCUT2D eigenvalue weighted by Crippen LogP contribution is -2.54. The molecular weight excluding hydrogens is 574 g/mol. The molecule has 0 radical (unpaired) electrons. The number of ether oxygens (including phenoxy) is 1. The van der Waals surface area contributed by atoms with E-state index in [0.29, 0.717) is 24.9 Å². The molecule has 1 saturated heterocycles. The average Bonchev–Trinajstić information content (AvgIpc) is 3.31. The van der Waals surface area contributed by atoms with Crippen LogP contribution in [-0.2, 0) is 42.0 Å². The van der Waals surface area contributed by atoms with Crippen molar-refractivity contribution in [2.75, 3.05) is 19.6 Å². The fraction of sp³-hybridized carbons (Fsp3) is 0.467. The van der Waals surface area contributed by atoms with E-state index in [0.717, 1.165) is 35.3 Å². The van der Waals surface area contributed by atoms with E-state index in [4.69, 9.17) is 4.74 Å². The van der Waals surface area contributed by atoms with Crippen molar-refractivity contribution in [3.8, 4) is 0 Å². The third kappa shape index (κ3) is 8.39. The third-order valence-corrected chi connectivity index (χ3v) is 9.32. The van der Waals surface area contributed by atoms with Gasteiger partial charge in [0.05, 0.1) is 11.0 Å². The van der Waals surface area contributed by atoms with E-state index < -0.39 is 46.3 Å². The Labute approximate surface area is 252 Å². The first kappa shape index (κ1) is 32.1. The molecule has 0 aliphatic carbocycles. The number of ketones is 1. The predicted molar refractivity (Wildman–Crippen MR) is 160 cm³/mol. The Kier molecular flexibility index (Phi) is 10.9. The second-order valence-electron chi connectivity index (χ2n) is 10.7. The van der Waals surface area contributed by atoms with E-state index in [2.05, 4.69) is 20.9 Å². The molecule has 12 nitrogen and oxygen atoms in total. The Hall–Kier alpha value is -3.81. The van der Waals surface area contributed by atoms with Gasteiger partial charge in [0.1, 0.15) is 24.1 Å². The van der Waals surface area contributed by atoms with Crippen LogP contribution < -0.4 is 16.0 Å². The summed E-state index contributed by atoms with van der Waals surface area (Å²) in [5.74, 6) is -1.14. The summed E-state index contributed by atoms with van der Waals surface area (Å²) in [5.41, 5.74) is 1.45. The fourth-order valence-electron chi connectivity index (χ4n) is 5.21. The molecule has 2 heterocycles. The van der Waals surface area contributed by atoms with Gasteiger partial charge in [0.25, 0.3) is 0 Å². The molecule has 232 valence electrons. The summed E-state index contributed by atoms with van der Waals surface area (Å²) in [4.78, 5) is 42.2. The van der Waals surface area contributed by atoms with Gasteiger partial charge in [0.2, 0.25) is 15.9 Å². The molecule has 13 heteroatoms. The first-order chi connectivity index (χ1) is 20.6. The number of aliphatic carboxylic acids is 1. The van der Waals surface area contributed by atoms with Crippen LogP contribution in [0.4, 0.5) is 0 Å². The number of nitrogens with zero attached hydrogens (tertiary/aromatic N) is 2. The fourth-order valence-corrected chi connectivity index (χ4v) is 6.96. The molecule has 43 heavy (non-hydrogen) atoms. The van der Waals surface area contributed by atoms with Crippen molar-refractivity contribution >= 4 is 33.6 Å². The van der Waals surface area contributed by atoms with Crippen molar-refractivity contribution in [3.63, 3.8) is 0 Å². The summed E-state index contributed by atoms with van der Waals surface area (Å²) in [5, 5.41) is 18.8. The Balaban J connectivity index is 1.33. The van der Waals surface area contributed by atoms with Crippen LogP contribution in [0.2, 0.25) is 0 Å². The van der Waals surface area contributed by atoms with Gasteiger partial charge in [0.15, 0.2) is 5.96 Å². The van der Waals surface area contributed by atoms with Crippen molar-refractivity contribution in [1.29, 1.82) is 0 Å². The SMILES string of the molecule is CC1OC(C)N(S(=O)(=O)c2ccccc2)[C@@H]1C(=O)N[C@@H](Cc1ccc(CC(=O)CCCNC2=NCCCN2)cc1)C(=O)O. The summed E-state index contributed by atoms with van der Waals surface area (Å²) >= 11 is 0. The van der Waals surface area contributed by atoms with Crippen LogP contribution in [0.15, 0.2) is 64.5 Å². The number of Topliss-reactive ketones (excluding diaryl/α,β-unsaturated/α-hetero) is 1. The molecule has 2 aliphatic rings. The molecule has 0 aromatic heterocycles. The quantitative estimate of drug-likeness (QED) is 0.245. The van der Waals surface area contributed by atoms with Crippen LogP contribution in [0.3, 0.4) is 0 Å². The number of carboxylic acid groups (broad SMARTS) is 1. The van der Waals surface area contributed by atoms with E-state index in [1.807, 2.05) is 0 Å². The maximum atomic E-state index is 13.4. The summed E-state index contributed by atoms with van der Waals surface area (Å²) in [6, 6.07) is 12.2. The maximum Gasteiger partial charge on any atom is 0.326 e. The topological polar surface area (TPSA) is 166 Å². The van der Waals surface area contributed by atoms with Gasteiger partial charge in [-0.1, -0.05) is 42.5 Å². The van der Waals surface area contributed by atoms with Crippen molar-refractivity contribution in [3.05, 3.63) is 65.7 Å². The molecule has 0 bridgehead atoms. The van der Waals surface area contributed by atoms with E-state index in [-0.39, 0.29) is 23.5 Å². The normalized spacial score (nSPS) is 21.3. The number of carbonyl (C=O) groups excluding carboxylic acids is 2. The highest BCUT2D eigenvalue weighted by atomic mass is 32.2. The summed E-state index contributed by atoms with van der Waals surface area (Å²) in [6.07, 6.45) is 0.647. The van der Waals surface area contributed by atoms with Gasteiger partial charge < -0.3 is 25.8 Å². The highest BCUT2D eigenvalue weighted by Gasteiger charge is 2.49. The van der Waals surface area contributed by atoms with Gasteiger partial charge in [-0.3, -0.25) is 14.6 Å². The van der Waals surface area contributed by atoms with Gasteiger partial charge in [-0.25, -0.2) is 13.2 Å². The molecule has 2 unspecified atom stereocenters. The number of benzene rings is 2. The average molecular weight is 614 g/mol. The van der Waals surface area contributed by atoms with Gasteiger partial charge >= 0.3 is 5.97 Å². The minimum absolute atomic E-state index is 0.00840. The molecule has 4 atom stereocenters. The summed E-state index contributed by atoms with van der Waals surface area (Å²) in [6.45, 7) is 5.46. The Bertz CT molecular complexity index is 1420. The molecule has 0 spiro atoms. The first-order valence-corrected chi connectivity index (χ1v) is 15.9. The van der Waals surface area contributed by atoms with Crippen LogP contribution in [0, 0.1) is 0 Å². The molecule has 0 saturated carbocycles. The second kappa shape index (κ2) is 14.6. The van der Waals surface area contributed by atoms with Gasteiger partial charge in [-0.15, -0.1) is 0 Å². The van der Waals surface area contributed by atoms with E-state index in [1.165, 1.54) is 19.1 Å². The van der Waals surface area contributed by atoms with Crippen molar-refractivity contribution < 1.29 is 32.6 Å². The number of amides is 1. The van der Waals surface area contributed by atoms with Gasteiger partial charge in [-0.05, 0) is 49.9 Å². The lowest BCUT2D eigenvalue weighted by Gasteiger charge is -2.27. The summed E-state index contributed by atoms with van der Waals surface area (Å²) < 4.78 is 33.4. The molecule has 4 N–H and O–H groups in total. The van der Waals surface area contributed by atoms with Crippen molar-refractivity contribution in [1.82, 2.24) is 20.3 Å². The molecule has 4 rings (SSSR count). The maximum absolute atomic E-state index is 13.4. The number of carbonyl (C=O) groups is 3. The Morgan fingerprint density at radius 1 is 1.09 bits per heavy atom. The van der Waals surface area contributed by atoms with E-state index in [1.54, 1.807) is 49.4 Å². The largest absolute Gasteiger partial charge is 0.480 e. The van der Waals surface area contributed by atoms with Gasteiger partial charge in [-0.2, -0.15) is 4.31 Å². The van der Waals surface area contributed by atoms with Crippen LogP contribution in [0.25, 0.3) is 0 Å². The lowest BCUT2D eigenvalue weighted by molar-refractivity contribution is -0.142. The van der Waals surface area contributed by atoms with Crippen LogP contribution in [0.5, 0.6) is 0 Å². The number of aliphatic imine (C=N–C) groups is 1. The summed E-state index contributed by atoms with van der Waals surface area (Å²) in [7, 11) is -4.10. The van der Waals surface area contributed by atoms with Crippen molar-refractivity contribution in [2.45, 2.75) is 75.3 Å². The molecule has 1 fully saturated rings. The van der Waals surface area contributed by atoms with E-state index in [9.17, 15) is 27.9 Å².